The summed E-state index contributed by atoms with van der Waals surface area (Å²) in [5.74, 6) is 0.268. The fourth-order valence-electron chi connectivity index (χ4n) is 3.83. The van der Waals surface area contributed by atoms with Crippen molar-refractivity contribution < 1.29 is 10.0 Å². The maximum absolute atomic E-state index is 11.4. The standard InChI is InChI=1S/C27H24N6O2/c34-27(33-35)21-8-6-19(7-9-21)15-28-22-12-10-20(11-13-22)24-14-23-25(30-17-31-26(23)32-24)29-16-18-4-2-1-3-5-18/h1-14,17,28,35H,15-16H2,(H,33,34)(H2,29,30,31,32). The highest BCUT2D eigenvalue weighted by atomic mass is 16.5. The van der Waals surface area contributed by atoms with E-state index in [4.69, 9.17) is 5.21 Å². The number of aromatic amines is 1. The second-order valence-corrected chi connectivity index (χ2v) is 8.08. The molecule has 0 aliphatic carbocycles. The van der Waals surface area contributed by atoms with Crippen LogP contribution in [0.4, 0.5) is 11.5 Å². The number of aromatic nitrogens is 3. The molecule has 0 saturated heterocycles. The lowest BCUT2D eigenvalue weighted by molar-refractivity contribution is 0.0706. The minimum Gasteiger partial charge on any atom is -0.381 e. The second kappa shape index (κ2) is 10.1. The summed E-state index contributed by atoms with van der Waals surface area (Å²) < 4.78 is 0. The summed E-state index contributed by atoms with van der Waals surface area (Å²) in [6, 6.07) is 27.5. The Hall–Kier alpha value is -4.69. The molecule has 0 aliphatic heterocycles. The molecule has 0 radical (unpaired) electrons. The molecule has 0 unspecified atom stereocenters. The molecule has 2 heterocycles. The lowest BCUT2D eigenvalue weighted by Gasteiger charge is -2.08. The lowest BCUT2D eigenvalue weighted by Crippen LogP contribution is -2.18. The zero-order valence-electron chi connectivity index (χ0n) is 18.8. The van der Waals surface area contributed by atoms with Gasteiger partial charge >= 0.3 is 0 Å². The van der Waals surface area contributed by atoms with Gasteiger partial charge in [-0.2, -0.15) is 0 Å². The van der Waals surface area contributed by atoms with Crippen LogP contribution in [-0.2, 0) is 13.1 Å². The van der Waals surface area contributed by atoms with Gasteiger partial charge in [-0.1, -0.05) is 54.6 Å². The average molecular weight is 465 g/mol. The fraction of sp³-hybridized carbons (Fsp3) is 0.0741. The van der Waals surface area contributed by atoms with Crippen molar-refractivity contribution in [1.29, 1.82) is 0 Å². The van der Waals surface area contributed by atoms with Crippen LogP contribution in [-0.4, -0.2) is 26.1 Å². The molecule has 35 heavy (non-hydrogen) atoms. The van der Waals surface area contributed by atoms with E-state index in [2.05, 4.69) is 43.8 Å². The molecule has 0 aliphatic rings. The average Bonchev–Trinajstić information content (AvgIpc) is 3.36. The lowest BCUT2D eigenvalue weighted by atomic mass is 10.1. The monoisotopic (exact) mass is 464 g/mol. The highest BCUT2D eigenvalue weighted by Gasteiger charge is 2.10. The molecule has 5 aromatic rings. The summed E-state index contributed by atoms with van der Waals surface area (Å²) in [5, 5.41) is 16.4. The van der Waals surface area contributed by atoms with Crippen molar-refractivity contribution in [2.24, 2.45) is 0 Å². The van der Waals surface area contributed by atoms with Crippen molar-refractivity contribution in [2.75, 3.05) is 10.6 Å². The molecule has 5 N–H and O–H groups in total. The van der Waals surface area contributed by atoms with E-state index >= 15 is 0 Å². The van der Waals surface area contributed by atoms with Crippen LogP contribution in [0.1, 0.15) is 21.5 Å². The number of hydrogen-bond donors (Lipinski definition) is 5. The molecule has 0 bridgehead atoms. The van der Waals surface area contributed by atoms with E-state index in [0.717, 1.165) is 39.4 Å². The first-order valence-corrected chi connectivity index (χ1v) is 11.2. The van der Waals surface area contributed by atoms with E-state index in [9.17, 15) is 4.79 Å². The quantitative estimate of drug-likeness (QED) is 0.164. The number of benzene rings is 3. The van der Waals surface area contributed by atoms with Crippen molar-refractivity contribution >= 4 is 28.4 Å². The van der Waals surface area contributed by atoms with Crippen LogP contribution < -0.4 is 16.1 Å². The Bertz CT molecular complexity index is 1430. The fourth-order valence-corrected chi connectivity index (χ4v) is 3.83. The number of nitrogens with one attached hydrogen (secondary N) is 4. The summed E-state index contributed by atoms with van der Waals surface area (Å²) in [6.45, 7) is 1.30. The van der Waals surface area contributed by atoms with Gasteiger partial charge in [-0.3, -0.25) is 10.0 Å². The minimum absolute atomic E-state index is 0.405. The molecule has 174 valence electrons. The van der Waals surface area contributed by atoms with Crippen molar-refractivity contribution in [2.45, 2.75) is 13.1 Å². The van der Waals surface area contributed by atoms with Crippen LogP contribution in [0.15, 0.2) is 91.3 Å². The third-order valence-electron chi connectivity index (χ3n) is 5.74. The molecule has 0 saturated carbocycles. The molecule has 3 aromatic carbocycles. The van der Waals surface area contributed by atoms with Gasteiger partial charge in [0.25, 0.3) is 5.91 Å². The van der Waals surface area contributed by atoms with E-state index < -0.39 is 5.91 Å². The Morgan fingerprint density at radius 3 is 2.29 bits per heavy atom. The molecule has 0 spiro atoms. The van der Waals surface area contributed by atoms with Gasteiger partial charge in [0.2, 0.25) is 0 Å². The number of nitrogens with zero attached hydrogens (tertiary/aromatic N) is 2. The van der Waals surface area contributed by atoms with Gasteiger partial charge in [-0.05, 0) is 47.0 Å². The van der Waals surface area contributed by atoms with Crippen molar-refractivity contribution in [3.63, 3.8) is 0 Å². The summed E-state index contributed by atoms with van der Waals surface area (Å²) in [6.07, 6.45) is 1.56. The summed E-state index contributed by atoms with van der Waals surface area (Å²) >= 11 is 0. The highest BCUT2D eigenvalue weighted by Crippen LogP contribution is 2.28. The van der Waals surface area contributed by atoms with Crippen LogP contribution in [0.3, 0.4) is 0 Å². The van der Waals surface area contributed by atoms with E-state index in [-0.39, 0.29) is 0 Å². The SMILES string of the molecule is O=C(NO)c1ccc(CNc2ccc(-c3cc4c(NCc5ccccc5)ncnc4[nH]3)cc2)cc1. The van der Waals surface area contributed by atoms with Gasteiger partial charge in [-0.25, -0.2) is 15.4 Å². The molecular weight excluding hydrogens is 440 g/mol. The number of carbonyl (C=O) groups is 1. The number of anilines is 2. The Morgan fingerprint density at radius 2 is 1.54 bits per heavy atom. The molecule has 0 atom stereocenters. The normalized spacial score (nSPS) is 10.8. The molecule has 5 rings (SSSR count). The van der Waals surface area contributed by atoms with E-state index in [1.165, 1.54) is 5.56 Å². The topological polar surface area (TPSA) is 115 Å². The highest BCUT2D eigenvalue weighted by molar-refractivity contribution is 5.93. The number of hydrogen-bond acceptors (Lipinski definition) is 6. The number of fused-ring (bicyclic) bond motifs is 1. The summed E-state index contributed by atoms with van der Waals surface area (Å²) in [4.78, 5) is 23.6. The third kappa shape index (κ3) is 5.13. The Kier molecular flexibility index (Phi) is 6.36. The third-order valence-corrected chi connectivity index (χ3v) is 5.74. The van der Waals surface area contributed by atoms with Gasteiger partial charge in [0.1, 0.15) is 17.8 Å². The predicted octanol–water partition coefficient (Wildman–Crippen LogP) is 4.97. The molecule has 0 fully saturated rings. The largest absolute Gasteiger partial charge is 0.381 e. The molecular formula is C27H24N6O2. The maximum Gasteiger partial charge on any atom is 0.274 e. The Labute approximate surface area is 202 Å². The number of H-pyrrole nitrogens is 1. The van der Waals surface area contributed by atoms with Gasteiger partial charge in [-0.15, -0.1) is 0 Å². The van der Waals surface area contributed by atoms with Gasteiger partial charge in [0, 0.05) is 30.0 Å². The first-order chi connectivity index (χ1) is 17.2. The Balaban J connectivity index is 1.26. The number of carbonyl (C=O) groups excluding carboxylic acids is 1. The number of hydroxylamine groups is 1. The maximum atomic E-state index is 11.4. The van der Waals surface area contributed by atoms with Crippen LogP contribution in [0.2, 0.25) is 0 Å². The van der Waals surface area contributed by atoms with Crippen LogP contribution >= 0.6 is 0 Å². The van der Waals surface area contributed by atoms with E-state index in [1.54, 1.807) is 23.9 Å². The minimum atomic E-state index is -0.526. The Morgan fingerprint density at radius 1 is 0.829 bits per heavy atom. The summed E-state index contributed by atoms with van der Waals surface area (Å²) in [7, 11) is 0. The van der Waals surface area contributed by atoms with Crippen LogP contribution in [0.25, 0.3) is 22.3 Å². The van der Waals surface area contributed by atoms with Crippen molar-refractivity contribution in [3.8, 4) is 11.3 Å². The van der Waals surface area contributed by atoms with Crippen LogP contribution in [0, 0.1) is 0 Å². The molecule has 2 aromatic heterocycles. The predicted molar refractivity (Wildman–Crippen MR) is 136 cm³/mol. The number of amides is 1. The number of rotatable bonds is 8. The van der Waals surface area contributed by atoms with Crippen LogP contribution in [0.5, 0.6) is 0 Å². The molecule has 1 amide bonds. The zero-order chi connectivity index (χ0) is 24.0. The van der Waals surface area contributed by atoms with Crippen molar-refractivity contribution in [1.82, 2.24) is 20.4 Å². The van der Waals surface area contributed by atoms with Gasteiger partial charge in [0.15, 0.2) is 0 Å². The zero-order valence-corrected chi connectivity index (χ0v) is 18.8. The first-order valence-electron chi connectivity index (χ1n) is 11.2. The van der Waals surface area contributed by atoms with E-state index in [0.29, 0.717) is 18.7 Å². The van der Waals surface area contributed by atoms with Gasteiger partial charge in [0.05, 0.1) is 5.39 Å². The summed E-state index contributed by atoms with van der Waals surface area (Å²) in [5.41, 5.74) is 8.02. The van der Waals surface area contributed by atoms with E-state index in [1.807, 2.05) is 54.6 Å². The molecule has 8 nitrogen and oxygen atoms in total. The smallest absolute Gasteiger partial charge is 0.274 e. The first kappa shape index (κ1) is 22.1. The van der Waals surface area contributed by atoms with Crippen molar-refractivity contribution in [3.05, 3.63) is 108 Å². The van der Waals surface area contributed by atoms with Gasteiger partial charge < -0.3 is 15.6 Å². The second-order valence-electron chi connectivity index (χ2n) is 8.08. The molecule has 8 heteroatoms.